The molecule has 0 unspecified atom stereocenters. The molecule has 2 aromatic carbocycles. The Balaban J connectivity index is 1.98. The van der Waals surface area contributed by atoms with Crippen molar-refractivity contribution in [1.82, 2.24) is 0 Å². The number of benzene rings is 2. The molecule has 0 heterocycles. The van der Waals surface area contributed by atoms with Crippen LogP contribution in [-0.2, 0) is 11.2 Å². The summed E-state index contributed by atoms with van der Waals surface area (Å²) in [5.41, 5.74) is 7.05. The van der Waals surface area contributed by atoms with E-state index in [-0.39, 0.29) is 5.91 Å². The van der Waals surface area contributed by atoms with E-state index in [1.54, 1.807) is 0 Å². The molecule has 0 bridgehead atoms. The molecule has 1 amide bonds. The van der Waals surface area contributed by atoms with Gasteiger partial charge in [-0.15, -0.1) is 0 Å². The molecule has 126 valence electrons. The van der Waals surface area contributed by atoms with Crippen LogP contribution in [0.5, 0.6) is 0 Å². The van der Waals surface area contributed by atoms with Crippen LogP contribution < -0.4 is 5.32 Å². The maximum atomic E-state index is 12.2. The van der Waals surface area contributed by atoms with E-state index in [0.29, 0.717) is 6.42 Å². The standard InChI is InChI=1S/C22H27NO/c1-5-8-16(2)20-12-11-19(18(4)15-20)13-14-22(24)23-21-10-7-6-9-17(21)3/h6-12,15H,5,13-14H2,1-4H3,(H,23,24)/b16-8+. The average Bonchev–Trinajstić information content (AvgIpc) is 2.56. The van der Waals surface area contributed by atoms with Gasteiger partial charge in [0.15, 0.2) is 0 Å². The Morgan fingerprint density at radius 3 is 2.50 bits per heavy atom. The molecule has 0 atom stereocenters. The van der Waals surface area contributed by atoms with Crippen LogP contribution in [0.3, 0.4) is 0 Å². The molecule has 2 nitrogen and oxygen atoms in total. The molecule has 1 N–H and O–H groups in total. The number of hydrogen-bond donors (Lipinski definition) is 1. The van der Waals surface area contributed by atoms with Gasteiger partial charge >= 0.3 is 0 Å². The van der Waals surface area contributed by atoms with E-state index in [0.717, 1.165) is 24.1 Å². The van der Waals surface area contributed by atoms with Gasteiger partial charge in [0.05, 0.1) is 0 Å². The van der Waals surface area contributed by atoms with Crippen LogP contribution in [0, 0.1) is 13.8 Å². The molecule has 2 heteroatoms. The summed E-state index contributed by atoms with van der Waals surface area (Å²) in [6.07, 6.45) is 4.55. The lowest BCUT2D eigenvalue weighted by Gasteiger charge is -2.11. The zero-order chi connectivity index (χ0) is 17.5. The zero-order valence-electron chi connectivity index (χ0n) is 15.1. The first-order chi connectivity index (χ1) is 11.5. The van der Waals surface area contributed by atoms with Crippen molar-refractivity contribution < 1.29 is 4.79 Å². The molecular weight excluding hydrogens is 294 g/mol. The third-order valence-electron chi connectivity index (χ3n) is 4.35. The lowest BCUT2D eigenvalue weighted by Crippen LogP contribution is -2.13. The number of allylic oxidation sites excluding steroid dienone is 2. The number of amides is 1. The average molecular weight is 321 g/mol. The third kappa shape index (κ3) is 4.82. The fourth-order valence-corrected chi connectivity index (χ4v) is 2.82. The van der Waals surface area contributed by atoms with Crippen LogP contribution in [0.1, 0.15) is 48.9 Å². The van der Waals surface area contributed by atoms with Gasteiger partial charge in [-0.1, -0.05) is 49.4 Å². The van der Waals surface area contributed by atoms with Crippen molar-refractivity contribution in [2.75, 3.05) is 5.32 Å². The highest BCUT2D eigenvalue weighted by Gasteiger charge is 2.07. The van der Waals surface area contributed by atoms with Crippen LogP contribution in [0.15, 0.2) is 48.5 Å². The zero-order valence-corrected chi connectivity index (χ0v) is 15.1. The van der Waals surface area contributed by atoms with Crippen molar-refractivity contribution in [2.45, 2.75) is 47.0 Å². The number of aryl methyl sites for hydroxylation is 3. The SMILES string of the molecule is CC/C=C(\C)c1ccc(CCC(=O)Nc2ccccc2C)c(C)c1. The lowest BCUT2D eigenvalue weighted by molar-refractivity contribution is -0.116. The predicted molar refractivity (Wildman–Crippen MR) is 103 cm³/mol. The second-order valence-electron chi connectivity index (χ2n) is 6.30. The second-order valence-corrected chi connectivity index (χ2v) is 6.30. The third-order valence-corrected chi connectivity index (χ3v) is 4.35. The molecule has 0 fully saturated rings. The number of nitrogens with one attached hydrogen (secondary N) is 1. The molecule has 24 heavy (non-hydrogen) atoms. The fraction of sp³-hybridized carbons (Fsp3) is 0.318. The molecule has 2 rings (SSSR count). The Morgan fingerprint density at radius 2 is 1.83 bits per heavy atom. The van der Waals surface area contributed by atoms with E-state index in [1.165, 1.54) is 22.3 Å². The first-order valence-corrected chi connectivity index (χ1v) is 8.63. The summed E-state index contributed by atoms with van der Waals surface area (Å²) < 4.78 is 0. The van der Waals surface area contributed by atoms with Crippen molar-refractivity contribution in [2.24, 2.45) is 0 Å². The molecule has 0 aromatic heterocycles. The largest absolute Gasteiger partial charge is 0.326 e. The summed E-state index contributed by atoms with van der Waals surface area (Å²) in [4.78, 5) is 12.2. The molecule has 0 spiro atoms. The Hall–Kier alpha value is -2.35. The highest BCUT2D eigenvalue weighted by atomic mass is 16.1. The van der Waals surface area contributed by atoms with Crippen molar-refractivity contribution in [3.8, 4) is 0 Å². The number of carbonyl (C=O) groups is 1. The van der Waals surface area contributed by atoms with E-state index < -0.39 is 0 Å². The predicted octanol–water partition coefficient (Wildman–Crippen LogP) is 5.69. The van der Waals surface area contributed by atoms with Gasteiger partial charge in [-0.2, -0.15) is 0 Å². The number of rotatable bonds is 6. The molecule has 0 radical (unpaired) electrons. The highest BCUT2D eigenvalue weighted by Crippen LogP contribution is 2.20. The molecule has 0 saturated heterocycles. The van der Waals surface area contributed by atoms with Gasteiger partial charge in [0, 0.05) is 12.1 Å². The highest BCUT2D eigenvalue weighted by molar-refractivity contribution is 5.91. The van der Waals surface area contributed by atoms with E-state index in [9.17, 15) is 4.79 Å². The Labute approximate surface area is 145 Å². The van der Waals surface area contributed by atoms with Crippen LogP contribution in [-0.4, -0.2) is 5.91 Å². The van der Waals surface area contributed by atoms with E-state index in [1.807, 2.05) is 31.2 Å². The molecule has 0 aliphatic heterocycles. The minimum Gasteiger partial charge on any atom is -0.326 e. The Kier molecular flexibility index (Phi) is 6.36. The molecule has 0 saturated carbocycles. The number of anilines is 1. The van der Waals surface area contributed by atoms with Crippen LogP contribution in [0.4, 0.5) is 5.69 Å². The topological polar surface area (TPSA) is 29.1 Å². The summed E-state index contributed by atoms with van der Waals surface area (Å²) in [5.74, 6) is 0.0647. The monoisotopic (exact) mass is 321 g/mol. The van der Waals surface area contributed by atoms with Crippen molar-refractivity contribution >= 4 is 17.2 Å². The van der Waals surface area contributed by atoms with Gasteiger partial charge in [-0.3, -0.25) is 4.79 Å². The van der Waals surface area contributed by atoms with Gasteiger partial charge in [-0.05, 0) is 67.5 Å². The van der Waals surface area contributed by atoms with Crippen molar-refractivity contribution in [3.63, 3.8) is 0 Å². The Morgan fingerprint density at radius 1 is 1.08 bits per heavy atom. The van der Waals surface area contributed by atoms with Gasteiger partial charge in [0.1, 0.15) is 0 Å². The molecule has 0 aliphatic carbocycles. The number of hydrogen-bond acceptors (Lipinski definition) is 1. The van der Waals surface area contributed by atoms with Crippen molar-refractivity contribution in [3.05, 3.63) is 70.8 Å². The first kappa shape index (κ1) is 18.0. The minimum absolute atomic E-state index is 0.0647. The summed E-state index contributed by atoms with van der Waals surface area (Å²) in [6.45, 7) is 8.42. The summed E-state index contributed by atoms with van der Waals surface area (Å²) in [5, 5.41) is 3.00. The smallest absolute Gasteiger partial charge is 0.224 e. The van der Waals surface area contributed by atoms with Gasteiger partial charge < -0.3 is 5.32 Å². The quantitative estimate of drug-likeness (QED) is 0.727. The lowest BCUT2D eigenvalue weighted by atomic mass is 9.97. The first-order valence-electron chi connectivity index (χ1n) is 8.63. The fourth-order valence-electron chi connectivity index (χ4n) is 2.82. The van der Waals surface area contributed by atoms with E-state index in [2.05, 4.69) is 50.4 Å². The maximum Gasteiger partial charge on any atom is 0.224 e. The number of para-hydroxylation sites is 1. The molecule has 0 aliphatic rings. The summed E-state index contributed by atoms with van der Waals surface area (Å²) in [6, 6.07) is 14.4. The van der Waals surface area contributed by atoms with Gasteiger partial charge in [-0.25, -0.2) is 0 Å². The van der Waals surface area contributed by atoms with E-state index >= 15 is 0 Å². The normalized spacial score (nSPS) is 11.4. The summed E-state index contributed by atoms with van der Waals surface area (Å²) in [7, 11) is 0. The maximum absolute atomic E-state index is 12.2. The molecule has 2 aromatic rings. The van der Waals surface area contributed by atoms with Gasteiger partial charge in [0.25, 0.3) is 0 Å². The van der Waals surface area contributed by atoms with Crippen LogP contribution >= 0.6 is 0 Å². The van der Waals surface area contributed by atoms with Crippen LogP contribution in [0.2, 0.25) is 0 Å². The second kappa shape index (κ2) is 8.49. The van der Waals surface area contributed by atoms with Gasteiger partial charge in [0.2, 0.25) is 5.91 Å². The Bertz CT molecular complexity index is 743. The molecular formula is C22H27NO. The van der Waals surface area contributed by atoms with Crippen LogP contribution in [0.25, 0.3) is 5.57 Å². The number of carbonyl (C=O) groups excluding carboxylic acids is 1. The summed E-state index contributed by atoms with van der Waals surface area (Å²) >= 11 is 0. The van der Waals surface area contributed by atoms with E-state index in [4.69, 9.17) is 0 Å². The van der Waals surface area contributed by atoms with Crippen molar-refractivity contribution in [1.29, 1.82) is 0 Å². The minimum atomic E-state index is 0.0647.